The van der Waals surface area contributed by atoms with E-state index in [4.69, 9.17) is 0 Å². The van der Waals surface area contributed by atoms with Gasteiger partial charge in [0.15, 0.2) is 0 Å². The van der Waals surface area contributed by atoms with E-state index in [2.05, 4.69) is 36.6 Å². The van der Waals surface area contributed by atoms with Crippen molar-refractivity contribution in [2.24, 2.45) is 5.10 Å². The Kier molecular flexibility index (Phi) is 8.21. The van der Waals surface area contributed by atoms with Crippen LogP contribution in [0, 0.1) is 0 Å². The maximum Gasteiger partial charge on any atom is 0.287 e. The fourth-order valence-electron chi connectivity index (χ4n) is 3.27. The second-order valence-corrected chi connectivity index (χ2v) is 9.44. The zero-order valence-electron chi connectivity index (χ0n) is 20.9. The highest BCUT2D eigenvalue weighted by Gasteiger charge is 2.15. The maximum absolute atomic E-state index is 12.9. The minimum Gasteiger partial charge on any atom is -0.378 e. The molecule has 35 heavy (non-hydrogen) atoms. The highest BCUT2D eigenvalue weighted by atomic mass is 16.2. The van der Waals surface area contributed by atoms with Crippen LogP contribution in [-0.2, 0) is 10.2 Å². The molecule has 0 fully saturated rings. The second kappa shape index (κ2) is 11.3. The molecule has 0 aliphatic heterocycles. The van der Waals surface area contributed by atoms with Gasteiger partial charge in [-0.05, 0) is 52.4 Å². The lowest BCUT2D eigenvalue weighted by Crippen LogP contribution is -2.32. The van der Waals surface area contributed by atoms with Gasteiger partial charge in [0.05, 0.1) is 6.21 Å². The Labute approximate surface area is 207 Å². The van der Waals surface area contributed by atoms with Crippen LogP contribution in [0.15, 0.2) is 89.7 Å². The van der Waals surface area contributed by atoms with Crippen molar-refractivity contribution in [1.82, 2.24) is 10.7 Å². The SMILES string of the molecule is CN(C)c1ccc(/C=C(/NC(=O)c2ccccc2)C(=O)N/N=C\c2ccc(C(C)(C)C)cc2)cc1. The number of anilines is 1. The number of nitrogens with zero attached hydrogens (tertiary/aromatic N) is 2. The zero-order valence-corrected chi connectivity index (χ0v) is 20.9. The van der Waals surface area contributed by atoms with Crippen LogP contribution in [-0.4, -0.2) is 32.1 Å². The highest BCUT2D eigenvalue weighted by molar-refractivity contribution is 6.05. The van der Waals surface area contributed by atoms with Crippen molar-refractivity contribution in [3.05, 3.63) is 107 Å². The van der Waals surface area contributed by atoms with E-state index in [-0.39, 0.29) is 17.0 Å². The number of hydrogen-bond acceptors (Lipinski definition) is 4. The number of carbonyl (C=O) groups is 2. The first-order chi connectivity index (χ1) is 16.6. The molecule has 6 nitrogen and oxygen atoms in total. The van der Waals surface area contributed by atoms with E-state index in [0.29, 0.717) is 5.56 Å². The van der Waals surface area contributed by atoms with Gasteiger partial charge in [0.1, 0.15) is 5.70 Å². The standard InChI is InChI=1S/C29H32N4O2/c1-29(2,3)24-15-11-22(12-16-24)20-30-32-28(35)26(31-27(34)23-9-7-6-8-10-23)19-21-13-17-25(18-14-21)33(4)5/h6-20H,1-5H3,(H,31,34)(H,32,35)/b26-19+,30-20-. The van der Waals surface area contributed by atoms with Gasteiger partial charge in [-0.15, -0.1) is 0 Å². The van der Waals surface area contributed by atoms with Gasteiger partial charge in [-0.1, -0.05) is 75.4 Å². The summed E-state index contributed by atoms with van der Waals surface area (Å²) in [5.41, 5.74) is 7.01. The van der Waals surface area contributed by atoms with Crippen LogP contribution < -0.4 is 15.6 Å². The minimum atomic E-state index is -0.520. The Hall–Kier alpha value is -4.19. The van der Waals surface area contributed by atoms with E-state index in [9.17, 15) is 9.59 Å². The molecule has 0 heterocycles. The first-order valence-corrected chi connectivity index (χ1v) is 11.4. The summed E-state index contributed by atoms with van der Waals surface area (Å²) in [5, 5.41) is 6.81. The number of rotatable bonds is 7. The molecule has 2 amide bonds. The van der Waals surface area contributed by atoms with E-state index in [1.807, 2.05) is 73.6 Å². The van der Waals surface area contributed by atoms with Crippen LogP contribution in [0.4, 0.5) is 5.69 Å². The summed E-state index contributed by atoms with van der Waals surface area (Å²) in [4.78, 5) is 27.7. The van der Waals surface area contributed by atoms with Crippen LogP contribution >= 0.6 is 0 Å². The molecule has 0 aliphatic carbocycles. The van der Waals surface area contributed by atoms with Gasteiger partial charge in [0.25, 0.3) is 11.8 Å². The van der Waals surface area contributed by atoms with Crippen molar-refractivity contribution in [2.75, 3.05) is 19.0 Å². The van der Waals surface area contributed by atoms with Crippen molar-refractivity contribution in [2.45, 2.75) is 26.2 Å². The quantitative estimate of drug-likeness (QED) is 0.292. The number of amides is 2. The van der Waals surface area contributed by atoms with Crippen molar-refractivity contribution in [1.29, 1.82) is 0 Å². The topological polar surface area (TPSA) is 73.8 Å². The van der Waals surface area contributed by atoms with Gasteiger partial charge >= 0.3 is 0 Å². The van der Waals surface area contributed by atoms with Crippen LogP contribution in [0.5, 0.6) is 0 Å². The molecule has 3 rings (SSSR count). The number of carbonyl (C=O) groups excluding carboxylic acids is 2. The van der Waals surface area contributed by atoms with E-state index in [1.54, 1.807) is 36.6 Å². The highest BCUT2D eigenvalue weighted by Crippen LogP contribution is 2.21. The van der Waals surface area contributed by atoms with E-state index in [0.717, 1.165) is 16.8 Å². The smallest absolute Gasteiger partial charge is 0.287 e. The van der Waals surface area contributed by atoms with E-state index in [1.165, 1.54) is 5.56 Å². The Balaban J connectivity index is 1.78. The Bertz CT molecular complexity index is 1200. The first kappa shape index (κ1) is 25.4. The number of hydrazone groups is 1. The van der Waals surface area contributed by atoms with Crippen LogP contribution in [0.2, 0.25) is 0 Å². The molecule has 0 aliphatic rings. The van der Waals surface area contributed by atoms with Crippen LogP contribution in [0.3, 0.4) is 0 Å². The summed E-state index contributed by atoms with van der Waals surface area (Å²) in [6, 6.07) is 24.4. The van der Waals surface area contributed by atoms with Crippen molar-refractivity contribution in [3.8, 4) is 0 Å². The maximum atomic E-state index is 12.9. The molecule has 0 atom stereocenters. The summed E-state index contributed by atoms with van der Waals surface area (Å²) < 4.78 is 0. The normalized spacial score (nSPS) is 11.9. The lowest BCUT2D eigenvalue weighted by Gasteiger charge is -2.18. The molecule has 3 aromatic rings. The third-order valence-corrected chi connectivity index (χ3v) is 5.41. The van der Waals surface area contributed by atoms with Crippen molar-refractivity contribution < 1.29 is 9.59 Å². The van der Waals surface area contributed by atoms with E-state index >= 15 is 0 Å². The molecule has 0 unspecified atom stereocenters. The molecule has 0 aromatic heterocycles. The minimum absolute atomic E-state index is 0.0608. The molecule has 0 saturated heterocycles. The predicted octanol–water partition coefficient (Wildman–Crippen LogP) is 4.97. The third kappa shape index (κ3) is 7.40. The van der Waals surface area contributed by atoms with Crippen molar-refractivity contribution >= 4 is 29.8 Å². The molecule has 180 valence electrons. The van der Waals surface area contributed by atoms with Gasteiger partial charge in [0, 0.05) is 25.3 Å². The third-order valence-electron chi connectivity index (χ3n) is 5.41. The summed E-state index contributed by atoms with van der Waals surface area (Å²) >= 11 is 0. The molecule has 6 heteroatoms. The molecule has 0 bridgehead atoms. The monoisotopic (exact) mass is 468 g/mol. The second-order valence-electron chi connectivity index (χ2n) is 9.44. The van der Waals surface area contributed by atoms with Gasteiger partial charge in [0.2, 0.25) is 0 Å². The molecule has 0 saturated carbocycles. The molecule has 3 aromatic carbocycles. The molecule has 0 spiro atoms. The fraction of sp³-hybridized carbons (Fsp3) is 0.207. The number of nitrogens with one attached hydrogen (secondary N) is 2. The van der Waals surface area contributed by atoms with Gasteiger partial charge < -0.3 is 10.2 Å². The number of benzene rings is 3. The zero-order chi connectivity index (χ0) is 25.4. The predicted molar refractivity (Wildman–Crippen MR) is 144 cm³/mol. The summed E-state index contributed by atoms with van der Waals surface area (Å²) in [7, 11) is 3.91. The van der Waals surface area contributed by atoms with Gasteiger partial charge in [-0.2, -0.15) is 5.10 Å². The first-order valence-electron chi connectivity index (χ1n) is 11.4. The molecule has 0 radical (unpaired) electrons. The fourth-order valence-corrected chi connectivity index (χ4v) is 3.27. The average molecular weight is 469 g/mol. The largest absolute Gasteiger partial charge is 0.378 e. The van der Waals surface area contributed by atoms with Gasteiger partial charge in [-0.25, -0.2) is 5.43 Å². The molecule has 2 N–H and O–H groups in total. The van der Waals surface area contributed by atoms with Crippen LogP contribution in [0.1, 0.15) is 47.8 Å². The molecular weight excluding hydrogens is 436 g/mol. The Morgan fingerprint density at radius 1 is 0.829 bits per heavy atom. The lowest BCUT2D eigenvalue weighted by molar-refractivity contribution is -0.117. The average Bonchev–Trinajstić information content (AvgIpc) is 2.84. The molecular formula is C29H32N4O2. The summed E-state index contributed by atoms with van der Waals surface area (Å²) in [5.74, 6) is -0.896. The number of hydrogen-bond donors (Lipinski definition) is 2. The van der Waals surface area contributed by atoms with E-state index < -0.39 is 5.91 Å². The van der Waals surface area contributed by atoms with Gasteiger partial charge in [-0.3, -0.25) is 9.59 Å². The Morgan fingerprint density at radius 3 is 2.00 bits per heavy atom. The summed E-state index contributed by atoms with van der Waals surface area (Å²) in [6.45, 7) is 6.46. The van der Waals surface area contributed by atoms with Crippen molar-refractivity contribution in [3.63, 3.8) is 0 Å². The van der Waals surface area contributed by atoms with Crippen LogP contribution in [0.25, 0.3) is 6.08 Å². The summed E-state index contributed by atoms with van der Waals surface area (Å²) in [6.07, 6.45) is 3.20. The lowest BCUT2D eigenvalue weighted by atomic mass is 9.87. The Morgan fingerprint density at radius 2 is 1.43 bits per heavy atom.